The van der Waals surface area contributed by atoms with Crippen LogP contribution in [0.1, 0.15) is 28.2 Å². The Labute approximate surface area is 207 Å². The minimum absolute atomic E-state index is 0.0382. The zero-order valence-electron chi connectivity index (χ0n) is 19.1. The molecule has 2 aliphatic rings. The molecule has 1 N–H and O–H groups in total. The molecule has 3 amide bonds. The van der Waals surface area contributed by atoms with Gasteiger partial charge in [0.2, 0.25) is 0 Å². The quantitative estimate of drug-likeness (QED) is 0.612. The van der Waals surface area contributed by atoms with Crippen LogP contribution in [0.25, 0.3) is 0 Å². The van der Waals surface area contributed by atoms with Crippen molar-refractivity contribution in [3.8, 4) is 0 Å². The fourth-order valence-electron chi connectivity index (χ4n) is 4.21. The number of urea groups is 1. The Morgan fingerprint density at radius 1 is 1.18 bits per heavy atom. The largest absolute Gasteiger partial charge is 0.463 e. The first-order chi connectivity index (χ1) is 16.4. The molecule has 1 aromatic heterocycles. The van der Waals surface area contributed by atoms with Crippen molar-refractivity contribution in [2.45, 2.75) is 13.0 Å². The van der Waals surface area contributed by atoms with E-state index >= 15 is 0 Å². The van der Waals surface area contributed by atoms with E-state index in [0.29, 0.717) is 54.6 Å². The molecule has 1 saturated heterocycles. The summed E-state index contributed by atoms with van der Waals surface area (Å²) in [5, 5.41) is 5.31. The first kappa shape index (κ1) is 24.3. The van der Waals surface area contributed by atoms with E-state index < -0.39 is 12.0 Å². The Morgan fingerprint density at radius 3 is 2.59 bits per heavy atom. The zero-order valence-corrected chi connectivity index (χ0v) is 20.7. The number of hydrogen-bond acceptors (Lipinski definition) is 6. The molecule has 3 heterocycles. The molecule has 0 radical (unpaired) electrons. The lowest BCUT2D eigenvalue weighted by molar-refractivity contribution is -0.139. The van der Waals surface area contributed by atoms with Crippen molar-refractivity contribution in [2.75, 3.05) is 46.4 Å². The first-order valence-electron chi connectivity index (χ1n) is 11.1. The second-order valence-electron chi connectivity index (χ2n) is 8.12. The van der Waals surface area contributed by atoms with Gasteiger partial charge in [-0.05, 0) is 36.1 Å². The number of likely N-dealkylation sites (N-methyl/N-ethyl adjacent to an activating group) is 1. The maximum Gasteiger partial charge on any atom is 0.338 e. The topological polar surface area (TPSA) is 82.2 Å². The minimum atomic E-state index is -0.668. The highest BCUT2D eigenvalue weighted by Gasteiger charge is 2.38. The number of carbonyl (C=O) groups excluding carboxylic acids is 3. The average Bonchev–Trinajstić information content (AvgIpc) is 3.37. The molecule has 34 heavy (non-hydrogen) atoms. The third kappa shape index (κ3) is 5.11. The molecule has 4 rings (SSSR count). The van der Waals surface area contributed by atoms with Gasteiger partial charge in [-0.15, -0.1) is 11.3 Å². The summed E-state index contributed by atoms with van der Waals surface area (Å²) in [5.41, 5.74) is 1.69. The van der Waals surface area contributed by atoms with Crippen LogP contribution in [0.2, 0.25) is 5.02 Å². The lowest BCUT2D eigenvalue weighted by atomic mass is 9.94. The van der Waals surface area contributed by atoms with Crippen LogP contribution in [0.3, 0.4) is 0 Å². The first-order valence-corrected chi connectivity index (χ1v) is 12.4. The standard InChI is InChI=1S/C24H27ClN4O4S/c1-3-33-23(31)20-18(27(2)24(32)26-21(20)16-6-4-7-17(25)14-16)15-28-9-11-29(12-10-28)22(30)19-8-5-13-34-19/h4-8,13-14,21H,3,9-12,15H2,1-2H3,(H,26,32). The SMILES string of the molecule is CCOC(=O)C1=C(CN2CCN(C(=O)c3cccs3)CC2)N(C)C(=O)NC1c1cccc(Cl)c1. The molecule has 0 spiro atoms. The molecule has 0 bridgehead atoms. The molecule has 8 nitrogen and oxygen atoms in total. The number of halogens is 1. The molecule has 0 aliphatic carbocycles. The summed E-state index contributed by atoms with van der Waals surface area (Å²) >= 11 is 7.63. The van der Waals surface area contributed by atoms with Crippen LogP contribution in [0.5, 0.6) is 0 Å². The number of nitrogens with one attached hydrogen (secondary N) is 1. The van der Waals surface area contributed by atoms with E-state index in [0.717, 1.165) is 4.88 Å². The van der Waals surface area contributed by atoms with Crippen molar-refractivity contribution >= 4 is 40.8 Å². The highest BCUT2D eigenvalue weighted by Crippen LogP contribution is 2.32. The number of ether oxygens (including phenoxy) is 1. The Balaban J connectivity index is 1.58. The molecule has 2 aromatic rings. The Morgan fingerprint density at radius 2 is 1.94 bits per heavy atom. The van der Waals surface area contributed by atoms with Crippen LogP contribution in [0.15, 0.2) is 53.0 Å². The van der Waals surface area contributed by atoms with Gasteiger partial charge in [0.15, 0.2) is 0 Å². The van der Waals surface area contributed by atoms with E-state index in [1.165, 1.54) is 16.2 Å². The second-order valence-corrected chi connectivity index (χ2v) is 9.51. The summed E-state index contributed by atoms with van der Waals surface area (Å²) in [4.78, 5) is 44.8. The van der Waals surface area contributed by atoms with Gasteiger partial charge in [-0.25, -0.2) is 9.59 Å². The second kappa shape index (κ2) is 10.6. The van der Waals surface area contributed by atoms with Crippen molar-refractivity contribution in [1.82, 2.24) is 20.0 Å². The number of benzene rings is 1. The van der Waals surface area contributed by atoms with E-state index in [1.54, 1.807) is 32.2 Å². The van der Waals surface area contributed by atoms with Crippen molar-refractivity contribution in [2.24, 2.45) is 0 Å². The lowest BCUT2D eigenvalue weighted by Gasteiger charge is -2.39. The molecule has 0 saturated carbocycles. The summed E-state index contributed by atoms with van der Waals surface area (Å²) in [7, 11) is 1.65. The number of amides is 3. The van der Waals surface area contributed by atoms with Gasteiger partial charge in [0.05, 0.1) is 23.1 Å². The van der Waals surface area contributed by atoms with Gasteiger partial charge >= 0.3 is 12.0 Å². The molecule has 1 aromatic carbocycles. The van der Waals surface area contributed by atoms with E-state index in [2.05, 4.69) is 10.2 Å². The molecule has 1 unspecified atom stereocenters. The molecule has 10 heteroatoms. The Hall–Kier alpha value is -2.88. The number of thiophene rings is 1. The van der Waals surface area contributed by atoms with E-state index in [1.807, 2.05) is 28.5 Å². The monoisotopic (exact) mass is 502 g/mol. The van der Waals surface area contributed by atoms with Crippen LogP contribution in [0, 0.1) is 0 Å². The van der Waals surface area contributed by atoms with E-state index in [4.69, 9.17) is 16.3 Å². The highest BCUT2D eigenvalue weighted by molar-refractivity contribution is 7.12. The molecule has 2 aliphatic heterocycles. The van der Waals surface area contributed by atoms with Crippen LogP contribution < -0.4 is 5.32 Å². The summed E-state index contributed by atoms with van der Waals surface area (Å²) in [6.45, 7) is 4.78. The zero-order chi connectivity index (χ0) is 24.2. The highest BCUT2D eigenvalue weighted by atomic mass is 35.5. The molecular weight excluding hydrogens is 476 g/mol. The number of rotatable bonds is 6. The van der Waals surface area contributed by atoms with Crippen molar-refractivity contribution in [3.63, 3.8) is 0 Å². The predicted molar refractivity (Wildman–Crippen MR) is 131 cm³/mol. The van der Waals surface area contributed by atoms with Gasteiger partial charge in [0.1, 0.15) is 0 Å². The number of esters is 1. The van der Waals surface area contributed by atoms with Gasteiger partial charge in [0, 0.05) is 50.5 Å². The smallest absolute Gasteiger partial charge is 0.338 e. The van der Waals surface area contributed by atoms with E-state index in [9.17, 15) is 14.4 Å². The van der Waals surface area contributed by atoms with Gasteiger partial charge in [-0.2, -0.15) is 0 Å². The molecular formula is C24H27ClN4O4S. The van der Waals surface area contributed by atoms with Crippen LogP contribution >= 0.6 is 22.9 Å². The fraction of sp³-hybridized carbons (Fsp3) is 0.375. The lowest BCUT2D eigenvalue weighted by Crippen LogP contribution is -2.53. The van der Waals surface area contributed by atoms with Crippen LogP contribution in [0.4, 0.5) is 4.79 Å². The third-order valence-corrected chi connectivity index (χ3v) is 7.11. The van der Waals surface area contributed by atoms with Crippen molar-refractivity contribution in [1.29, 1.82) is 0 Å². The van der Waals surface area contributed by atoms with Gasteiger partial charge in [-0.1, -0.05) is 29.8 Å². The molecule has 180 valence electrons. The van der Waals surface area contributed by atoms with Crippen LogP contribution in [-0.2, 0) is 9.53 Å². The number of carbonyl (C=O) groups is 3. The number of piperazine rings is 1. The summed E-state index contributed by atoms with van der Waals surface area (Å²) in [6.07, 6.45) is 0. The maximum atomic E-state index is 13.1. The van der Waals surface area contributed by atoms with Crippen molar-refractivity contribution in [3.05, 3.63) is 68.5 Å². The minimum Gasteiger partial charge on any atom is -0.463 e. The third-order valence-electron chi connectivity index (χ3n) is 6.02. The van der Waals surface area contributed by atoms with Gasteiger partial charge in [0.25, 0.3) is 5.91 Å². The molecule has 1 fully saturated rings. The fourth-order valence-corrected chi connectivity index (χ4v) is 5.10. The average molecular weight is 503 g/mol. The Bertz CT molecular complexity index is 1100. The van der Waals surface area contributed by atoms with Gasteiger partial charge in [-0.3, -0.25) is 14.6 Å². The molecule has 1 atom stereocenters. The predicted octanol–water partition coefficient (Wildman–Crippen LogP) is 3.37. The summed E-state index contributed by atoms with van der Waals surface area (Å²) in [5.74, 6) is -0.433. The maximum absolute atomic E-state index is 13.1. The Kier molecular flexibility index (Phi) is 7.55. The summed E-state index contributed by atoms with van der Waals surface area (Å²) < 4.78 is 5.38. The van der Waals surface area contributed by atoms with Crippen LogP contribution in [-0.4, -0.2) is 79.0 Å². The van der Waals surface area contributed by atoms with Gasteiger partial charge < -0.3 is 15.0 Å². The summed E-state index contributed by atoms with van der Waals surface area (Å²) in [6, 6.07) is 9.83. The number of hydrogen-bond donors (Lipinski definition) is 1. The number of nitrogens with zero attached hydrogens (tertiary/aromatic N) is 3. The van der Waals surface area contributed by atoms with Crippen molar-refractivity contribution < 1.29 is 19.1 Å². The normalized spacial score (nSPS) is 19.3. The van der Waals surface area contributed by atoms with E-state index in [-0.39, 0.29) is 18.5 Å².